The lowest BCUT2D eigenvalue weighted by molar-refractivity contribution is -0.192. The van der Waals surface area contributed by atoms with Gasteiger partial charge in [-0.25, -0.2) is 9.78 Å². The van der Waals surface area contributed by atoms with Gasteiger partial charge < -0.3 is 21.1 Å². The van der Waals surface area contributed by atoms with Gasteiger partial charge in [0.1, 0.15) is 0 Å². The largest absolute Gasteiger partial charge is 0.490 e. The molecule has 4 heterocycles. The number of aliphatic carboxylic acids is 1. The molecule has 2 unspecified atom stereocenters. The number of carboxylic acid groups (broad SMARTS) is 1. The predicted molar refractivity (Wildman–Crippen MR) is 106 cm³/mol. The van der Waals surface area contributed by atoms with E-state index in [2.05, 4.69) is 20.2 Å². The molecular formula is C17H15ClF3N5O2S. The average molecular weight is 446 g/mol. The first-order chi connectivity index (χ1) is 13.6. The number of nitrogens with zero attached hydrogens (tertiary/aromatic N) is 3. The number of benzene rings is 1. The molecule has 2 fully saturated rings. The van der Waals surface area contributed by atoms with E-state index < -0.39 is 12.1 Å². The number of piperazine rings is 1. The molecule has 2 aliphatic rings. The van der Waals surface area contributed by atoms with Crippen LogP contribution in [0.25, 0.3) is 20.3 Å². The third-order valence-electron chi connectivity index (χ3n) is 4.85. The molecule has 0 radical (unpaired) electrons. The van der Waals surface area contributed by atoms with Gasteiger partial charge in [-0.2, -0.15) is 18.2 Å². The van der Waals surface area contributed by atoms with Gasteiger partial charge in [0.15, 0.2) is 5.82 Å². The van der Waals surface area contributed by atoms with Crippen molar-refractivity contribution in [2.24, 2.45) is 0 Å². The van der Waals surface area contributed by atoms with Gasteiger partial charge in [0, 0.05) is 40.3 Å². The summed E-state index contributed by atoms with van der Waals surface area (Å²) < 4.78 is 34.0. The molecule has 12 heteroatoms. The zero-order chi connectivity index (χ0) is 20.9. The second kappa shape index (κ2) is 7.15. The Morgan fingerprint density at radius 2 is 2.10 bits per heavy atom. The number of nitrogen functional groups attached to an aromatic ring is 1. The highest BCUT2D eigenvalue weighted by Gasteiger charge is 2.39. The Hall–Kier alpha value is -2.37. The predicted octanol–water partition coefficient (Wildman–Crippen LogP) is 3.26. The number of carboxylic acids is 1. The van der Waals surface area contributed by atoms with Crippen LogP contribution in [0.5, 0.6) is 0 Å². The SMILES string of the molecule is Nc1nc(N2CC3CC2CN3)c2sc3cc(Cl)ccc3c2n1.O=C(O)C(F)(F)F. The number of nitrogens with one attached hydrogen (secondary N) is 1. The maximum Gasteiger partial charge on any atom is 0.490 e. The number of anilines is 2. The number of thiophene rings is 1. The van der Waals surface area contributed by atoms with Gasteiger partial charge in [0.25, 0.3) is 0 Å². The Balaban J connectivity index is 0.000000255. The molecule has 3 aromatic rings. The molecule has 2 aromatic heterocycles. The molecule has 2 saturated heterocycles. The Morgan fingerprint density at radius 1 is 1.38 bits per heavy atom. The van der Waals surface area contributed by atoms with E-state index in [4.69, 9.17) is 27.2 Å². The molecule has 5 rings (SSSR count). The van der Waals surface area contributed by atoms with Crippen LogP contribution in [-0.2, 0) is 4.79 Å². The summed E-state index contributed by atoms with van der Waals surface area (Å²) in [5.74, 6) is -1.44. The van der Waals surface area contributed by atoms with E-state index in [1.807, 2.05) is 18.2 Å². The minimum absolute atomic E-state index is 0.341. The van der Waals surface area contributed by atoms with Gasteiger partial charge in [-0.3, -0.25) is 0 Å². The summed E-state index contributed by atoms with van der Waals surface area (Å²) in [6.45, 7) is 2.01. The number of alkyl halides is 3. The van der Waals surface area contributed by atoms with E-state index in [0.29, 0.717) is 18.0 Å². The van der Waals surface area contributed by atoms with Crippen LogP contribution in [0.3, 0.4) is 0 Å². The van der Waals surface area contributed by atoms with Gasteiger partial charge in [0.05, 0.1) is 10.2 Å². The van der Waals surface area contributed by atoms with E-state index in [0.717, 1.165) is 44.2 Å². The summed E-state index contributed by atoms with van der Waals surface area (Å²) in [5, 5.41) is 12.5. The van der Waals surface area contributed by atoms with Crippen LogP contribution in [0.4, 0.5) is 24.9 Å². The summed E-state index contributed by atoms with van der Waals surface area (Å²) in [7, 11) is 0. The highest BCUT2D eigenvalue weighted by Crippen LogP contribution is 2.41. The molecule has 0 amide bonds. The Bertz CT molecular complexity index is 1110. The van der Waals surface area contributed by atoms with Crippen molar-refractivity contribution in [3.8, 4) is 0 Å². The molecule has 154 valence electrons. The Morgan fingerprint density at radius 3 is 2.69 bits per heavy atom. The number of carbonyl (C=O) groups is 1. The van der Waals surface area contributed by atoms with Crippen LogP contribution in [0.15, 0.2) is 18.2 Å². The lowest BCUT2D eigenvalue weighted by atomic mass is 10.2. The molecule has 0 aliphatic carbocycles. The fourth-order valence-electron chi connectivity index (χ4n) is 3.63. The van der Waals surface area contributed by atoms with E-state index >= 15 is 0 Å². The van der Waals surface area contributed by atoms with E-state index in [1.54, 1.807) is 11.3 Å². The maximum absolute atomic E-state index is 10.6. The van der Waals surface area contributed by atoms with Crippen LogP contribution < -0.4 is 16.0 Å². The van der Waals surface area contributed by atoms with Crippen molar-refractivity contribution in [2.75, 3.05) is 23.7 Å². The number of hydrogen-bond donors (Lipinski definition) is 3. The van der Waals surface area contributed by atoms with Crippen molar-refractivity contribution in [1.82, 2.24) is 15.3 Å². The average Bonchev–Trinajstić information content (AvgIpc) is 3.34. The fourth-order valence-corrected chi connectivity index (χ4v) is 5.06. The van der Waals surface area contributed by atoms with Crippen LogP contribution in [0.2, 0.25) is 5.02 Å². The molecular weight excluding hydrogens is 431 g/mol. The quantitative estimate of drug-likeness (QED) is 0.528. The number of fused-ring (bicyclic) bond motifs is 5. The normalized spacial score (nSPS) is 20.9. The van der Waals surface area contributed by atoms with Crippen molar-refractivity contribution in [1.29, 1.82) is 0 Å². The molecule has 1 aromatic carbocycles. The van der Waals surface area contributed by atoms with Crippen LogP contribution in [0.1, 0.15) is 6.42 Å². The minimum atomic E-state index is -5.08. The molecule has 2 atom stereocenters. The first-order valence-corrected chi connectivity index (χ1v) is 9.78. The molecule has 0 saturated carbocycles. The zero-order valence-corrected chi connectivity index (χ0v) is 16.3. The monoisotopic (exact) mass is 445 g/mol. The highest BCUT2D eigenvalue weighted by molar-refractivity contribution is 7.26. The van der Waals surface area contributed by atoms with Crippen molar-refractivity contribution >= 4 is 61.0 Å². The standard InChI is InChI=1S/C15H14ClN5S.C2HF3O2/c16-7-1-2-10-11(3-7)22-13-12(10)19-15(17)20-14(13)21-6-8-4-9(21)5-18-8;3-2(4,5)1(6)7/h1-3,8-9,18H,4-6H2,(H2,17,19,20);(H,6,7). The lowest BCUT2D eigenvalue weighted by Gasteiger charge is -2.28. The lowest BCUT2D eigenvalue weighted by Crippen LogP contribution is -2.44. The molecule has 4 N–H and O–H groups in total. The van der Waals surface area contributed by atoms with Crippen molar-refractivity contribution in [3.63, 3.8) is 0 Å². The van der Waals surface area contributed by atoms with Crippen LogP contribution in [0, 0.1) is 0 Å². The molecule has 2 bridgehead atoms. The maximum atomic E-state index is 10.6. The van der Waals surface area contributed by atoms with E-state index in [9.17, 15) is 13.2 Å². The van der Waals surface area contributed by atoms with E-state index in [1.165, 1.54) is 6.42 Å². The van der Waals surface area contributed by atoms with Gasteiger partial charge in [-0.05, 0) is 24.6 Å². The number of aromatic nitrogens is 2. The summed E-state index contributed by atoms with van der Waals surface area (Å²) in [4.78, 5) is 20.3. The van der Waals surface area contributed by atoms with Crippen molar-refractivity contribution < 1.29 is 23.1 Å². The fraction of sp³-hybridized carbons (Fsp3) is 0.353. The number of hydrogen-bond acceptors (Lipinski definition) is 7. The first kappa shape index (κ1) is 19.9. The topological polar surface area (TPSA) is 104 Å². The Labute approximate surface area is 171 Å². The second-order valence-corrected chi connectivity index (χ2v) is 8.26. The zero-order valence-electron chi connectivity index (χ0n) is 14.7. The summed E-state index contributed by atoms with van der Waals surface area (Å²) in [6.07, 6.45) is -3.90. The van der Waals surface area contributed by atoms with Crippen LogP contribution >= 0.6 is 22.9 Å². The highest BCUT2D eigenvalue weighted by atomic mass is 35.5. The van der Waals surface area contributed by atoms with Crippen molar-refractivity contribution in [3.05, 3.63) is 23.2 Å². The van der Waals surface area contributed by atoms with E-state index in [-0.39, 0.29) is 0 Å². The third kappa shape index (κ3) is 3.77. The molecule has 29 heavy (non-hydrogen) atoms. The number of rotatable bonds is 1. The smallest absolute Gasteiger partial charge is 0.475 e. The third-order valence-corrected chi connectivity index (χ3v) is 6.22. The van der Waals surface area contributed by atoms with Gasteiger partial charge in [-0.15, -0.1) is 11.3 Å². The first-order valence-electron chi connectivity index (χ1n) is 8.59. The summed E-state index contributed by atoms with van der Waals surface area (Å²) >= 11 is 7.82. The number of halogens is 4. The summed E-state index contributed by atoms with van der Waals surface area (Å²) in [6, 6.07) is 6.98. The molecule has 0 spiro atoms. The van der Waals surface area contributed by atoms with Crippen molar-refractivity contribution in [2.45, 2.75) is 24.7 Å². The minimum Gasteiger partial charge on any atom is -0.475 e. The van der Waals surface area contributed by atoms with Crippen LogP contribution in [-0.4, -0.2) is 52.4 Å². The second-order valence-electron chi connectivity index (χ2n) is 6.78. The molecule has 7 nitrogen and oxygen atoms in total. The number of nitrogens with two attached hydrogens (primary N) is 1. The van der Waals surface area contributed by atoms with Gasteiger partial charge in [0.2, 0.25) is 5.95 Å². The van der Waals surface area contributed by atoms with Gasteiger partial charge in [-0.1, -0.05) is 11.6 Å². The van der Waals surface area contributed by atoms with Gasteiger partial charge >= 0.3 is 12.1 Å². The Kier molecular flexibility index (Phi) is 4.91. The molecule has 2 aliphatic heterocycles. The summed E-state index contributed by atoms with van der Waals surface area (Å²) in [5.41, 5.74) is 6.92.